The van der Waals surface area contributed by atoms with Crippen molar-refractivity contribution in [3.05, 3.63) is 59.7 Å². The van der Waals surface area contributed by atoms with Crippen LogP contribution in [0.25, 0.3) is 0 Å². The summed E-state index contributed by atoms with van der Waals surface area (Å²) in [5, 5.41) is 6.82. The average Bonchev–Trinajstić information content (AvgIpc) is 2.71. The van der Waals surface area contributed by atoms with Gasteiger partial charge in [0.2, 0.25) is 0 Å². The van der Waals surface area contributed by atoms with Crippen LogP contribution in [0, 0.1) is 0 Å². The van der Waals surface area contributed by atoms with Gasteiger partial charge in [0.05, 0.1) is 18.9 Å². The molecule has 1 amide bonds. The lowest BCUT2D eigenvalue weighted by Crippen LogP contribution is -2.29. The van der Waals surface area contributed by atoms with E-state index < -0.39 is 0 Å². The van der Waals surface area contributed by atoms with Crippen molar-refractivity contribution in [1.82, 2.24) is 5.32 Å². The molecular formula is C22H28N2O4. The quantitative estimate of drug-likeness (QED) is 0.475. The zero-order valence-electron chi connectivity index (χ0n) is 16.7. The highest BCUT2D eigenvalue weighted by Crippen LogP contribution is 2.28. The zero-order valence-corrected chi connectivity index (χ0v) is 16.7. The molecule has 2 aromatic carbocycles. The van der Waals surface area contributed by atoms with Crippen molar-refractivity contribution >= 4 is 11.6 Å². The minimum absolute atomic E-state index is 0.113. The number of hydrogen-bond donors (Lipinski definition) is 1. The van der Waals surface area contributed by atoms with E-state index in [1.165, 1.54) is 0 Å². The summed E-state index contributed by atoms with van der Waals surface area (Å²) >= 11 is 0. The topological polar surface area (TPSA) is 69.2 Å². The van der Waals surface area contributed by atoms with Gasteiger partial charge in [0.15, 0.2) is 18.1 Å². The zero-order chi connectivity index (χ0) is 20.2. The van der Waals surface area contributed by atoms with Gasteiger partial charge in [-0.1, -0.05) is 41.6 Å². The van der Waals surface area contributed by atoms with Gasteiger partial charge in [-0.05, 0) is 50.5 Å². The molecule has 0 atom stereocenters. The van der Waals surface area contributed by atoms with E-state index in [0.29, 0.717) is 26.2 Å². The van der Waals surface area contributed by atoms with Gasteiger partial charge < -0.3 is 19.6 Å². The molecule has 0 saturated carbocycles. The number of rotatable bonds is 11. The van der Waals surface area contributed by atoms with Gasteiger partial charge in [0.25, 0.3) is 5.91 Å². The molecule has 0 saturated heterocycles. The van der Waals surface area contributed by atoms with Crippen molar-refractivity contribution < 1.29 is 19.1 Å². The highest BCUT2D eigenvalue weighted by Gasteiger charge is 2.07. The van der Waals surface area contributed by atoms with Crippen LogP contribution in [0.15, 0.2) is 53.7 Å². The molecule has 2 aromatic rings. The van der Waals surface area contributed by atoms with Crippen LogP contribution in [0.4, 0.5) is 0 Å². The first kappa shape index (κ1) is 21.3. The van der Waals surface area contributed by atoms with E-state index in [2.05, 4.69) is 10.5 Å². The molecule has 6 nitrogen and oxygen atoms in total. The third-order valence-corrected chi connectivity index (χ3v) is 3.93. The molecular weight excluding hydrogens is 356 g/mol. The molecule has 6 heteroatoms. The second kappa shape index (κ2) is 11.6. The standard InChI is InChI=1S/C22H28N2O4/c1-4-26-20-12-11-18(15-21(20)27-5-2)13-14-23-22(25)16-28-24-17(3)19-9-7-6-8-10-19/h6-12,15H,4-5,13-14,16H2,1-3H3,(H,23,25). The summed E-state index contributed by atoms with van der Waals surface area (Å²) in [5.41, 5.74) is 2.75. The number of benzene rings is 2. The molecule has 0 spiro atoms. The third-order valence-electron chi connectivity index (χ3n) is 3.93. The molecule has 28 heavy (non-hydrogen) atoms. The van der Waals surface area contributed by atoms with Gasteiger partial charge >= 0.3 is 0 Å². The summed E-state index contributed by atoms with van der Waals surface area (Å²) in [7, 11) is 0. The SMILES string of the molecule is CCOc1ccc(CCNC(=O)CON=C(C)c2ccccc2)cc1OCC. The van der Waals surface area contributed by atoms with E-state index in [-0.39, 0.29) is 12.5 Å². The van der Waals surface area contributed by atoms with Crippen molar-refractivity contribution in [3.8, 4) is 11.5 Å². The maximum atomic E-state index is 11.9. The summed E-state index contributed by atoms with van der Waals surface area (Å²) in [5.74, 6) is 1.25. The molecule has 0 heterocycles. The Labute approximate surface area is 166 Å². The normalized spacial score (nSPS) is 11.0. The van der Waals surface area contributed by atoms with Gasteiger partial charge in [-0.2, -0.15) is 0 Å². The number of ether oxygens (including phenoxy) is 2. The molecule has 0 aliphatic heterocycles. The lowest BCUT2D eigenvalue weighted by atomic mass is 10.1. The lowest BCUT2D eigenvalue weighted by Gasteiger charge is -2.12. The third kappa shape index (κ3) is 6.95. The minimum Gasteiger partial charge on any atom is -0.490 e. The molecule has 0 radical (unpaired) electrons. The molecule has 1 N–H and O–H groups in total. The minimum atomic E-state index is -0.208. The average molecular weight is 384 g/mol. The molecule has 2 rings (SSSR count). The van der Waals surface area contributed by atoms with Crippen molar-refractivity contribution in [2.24, 2.45) is 5.16 Å². The first-order valence-electron chi connectivity index (χ1n) is 9.51. The van der Waals surface area contributed by atoms with Gasteiger partial charge in [0.1, 0.15) is 0 Å². The van der Waals surface area contributed by atoms with E-state index >= 15 is 0 Å². The smallest absolute Gasteiger partial charge is 0.260 e. The maximum absolute atomic E-state index is 11.9. The van der Waals surface area contributed by atoms with Gasteiger partial charge in [0, 0.05) is 6.54 Å². The van der Waals surface area contributed by atoms with Gasteiger partial charge in [-0.15, -0.1) is 0 Å². The second-order valence-corrected chi connectivity index (χ2v) is 6.06. The van der Waals surface area contributed by atoms with Crippen molar-refractivity contribution in [1.29, 1.82) is 0 Å². The Kier molecular flexibility index (Phi) is 8.85. The summed E-state index contributed by atoms with van der Waals surface area (Å²) in [4.78, 5) is 17.1. The van der Waals surface area contributed by atoms with Crippen LogP contribution < -0.4 is 14.8 Å². The van der Waals surface area contributed by atoms with Crippen LogP contribution in [0.5, 0.6) is 11.5 Å². The summed E-state index contributed by atoms with van der Waals surface area (Å²) in [6.07, 6.45) is 0.685. The van der Waals surface area contributed by atoms with Gasteiger partial charge in [-0.3, -0.25) is 4.79 Å². The Balaban J connectivity index is 1.76. The van der Waals surface area contributed by atoms with E-state index in [1.54, 1.807) is 0 Å². The fourth-order valence-corrected chi connectivity index (χ4v) is 2.57. The number of carbonyl (C=O) groups excluding carboxylic acids is 1. The van der Waals surface area contributed by atoms with E-state index in [9.17, 15) is 4.79 Å². The number of nitrogens with one attached hydrogen (secondary N) is 1. The number of carbonyl (C=O) groups is 1. The van der Waals surface area contributed by atoms with E-state index in [1.807, 2.05) is 69.3 Å². The fourth-order valence-electron chi connectivity index (χ4n) is 2.57. The monoisotopic (exact) mass is 384 g/mol. The van der Waals surface area contributed by atoms with Crippen LogP contribution in [0.1, 0.15) is 31.9 Å². The molecule has 150 valence electrons. The molecule has 0 aromatic heterocycles. The predicted molar refractivity (Wildman–Crippen MR) is 110 cm³/mol. The Morgan fingerprint density at radius 3 is 2.43 bits per heavy atom. The highest BCUT2D eigenvalue weighted by molar-refractivity contribution is 5.98. The van der Waals surface area contributed by atoms with Gasteiger partial charge in [-0.25, -0.2) is 0 Å². The lowest BCUT2D eigenvalue weighted by molar-refractivity contribution is -0.125. The van der Waals surface area contributed by atoms with Crippen molar-refractivity contribution in [3.63, 3.8) is 0 Å². The van der Waals surface area contributed by atoms with Crippen LogP contribution in [-0.4, -0.2) is 38.0 Å². The number of hydrogen-bond acceptors (Lipinski definition) is 5. The number of nitrogens with zero attached hydrogens (tertiary/aromatic N) is 1. The molecule has 0 unspecified atom stereocenters. The van der Waals surface area contributed by atoms with Crippen LogP contribution >= 0.6 is 0 Å². The number of oxime groups is 1. The van der Waals surface area contributed by atoms with E-state index in [0.717, 1.165) is 28.3 Å². The molecule has 0 aliphatic carbocycles. The van der Waals surface area contributed by atoms with Crippen molar-refractivity contribution in [2.75, 3.05) is 26.4 Å². The highest BCUT2D eigenvalue weighted by atomic mass is 16.6. The Bertz CT molecular complexity index is 775. The Hall–Kier alpha value is -3.02. The fraction of sp³-hybridized carbons (Fsp3) is 0.364. The summed E-state index contributed by atoms with van der Waals surface area (Å²) in [6.45, 7) is 7.26. The van der Waals surface area contributed by atoms with Crippen LogP contribution in [-0.2, 0) is 16.1 Å². The van der Waals surface area contributed by atoms with Crippen LogP contribution in [0.3, 0.4) is 0 Å². The molecule has 0 bridgehead atoms. The summed E-state index contributed by atoms with van der Waals surface area (Å²) < 4.78 is 11.2. The van der Waals surface area contributed by atoms with E-state index in [4.69, 9.17) is 14.3 Å². The second-order valence-electron chi connectivity index (χ2n) is 6.06. The number of amides is 1. The molecule has 0 fully saturated rings. The van der Waals surface area contributed by atoms with Crippen LogP contribution in [0.2, 0.25) is 0 Å². The maximum Gasteiger partial charge on any atom is 0.260 e. The first-order valence-corrected chi connectivity index (χ1v) is 9.51. The summed E-state index contributed by atoms with van der Waals surface area (Å²) in [6, 6.07) is 15.5. The van der Waals surface area contributed by atoms with Crippen molar-refractivity contribution in [2.45, 2.75) is 27.2 Å². The first-order chi connectivity index (χ1) is 13.6. The predicted octanol–water partition coefficient (Wildman–Crippen LogP) is 3.58. The largest absolute Gasteiger partial charge is 0.490 e. The molecule has 0 aliphatic rings. The Morgan fingerprint density at radius 2 is 1.71 bits per heavy atom. The Morgan fingerprint density at radius 1 is 1.00 bits per heavy atom.